The first-order chi connectivity index (χ1) is 7.29. The number of carbonyl (C=O) groups is 1. The van der Waals surface area contributed by atoms with Crippen LogP contribution in [0.5, 0.6) is 0 Å². The molecule has 0 aliphatic carbocycles. The number of nitrogens with two attached hydrogens (primary N) is 1. The van der Waals surface area contributed by atoms with Crippen LogP contribution in [-0.4, -0.2) is 35.6 Å². The molecule has 0 bridgehead atoms. The molecule has 87 valence electrons. The summed E-state index contributed by atoms with van der Waals surface area (Å²) in [6.45, 7) is -1.21. The van der Waals surface area contributed by atoms with E-state index in [1.807, 2.05) is 0 Å². The first kappa shape index (κ1) is 12.2. The van der Waals surface area contributed by atoms with Crippen LogP contribution in [-0.2, 0) is 0 Å². The fourth-order valence-corrected chi connectivity index (χ4v) is 0.962. The van der Waals surface area contributed by atoms with Crippen LogP contribution in [0.4, 0.5) is 19.1 Å². The van der Waals surface area contributed by atoms with Gasteiger partial charge < -0.3 is 10.6 Å². The number of hydrogen-bond acceptors (Lipinski definition) is 4. The summed E-state index contributed by atoms with van der Waals surface area (Å²) in [5, 5.41) is 0. The van der Waals surface area contributed by atoms with Gasteiger partial charge in [-0.3, -0.25) is 4.79 Å². The van der Waals surface area contributed by atoms with Gasteiger partial charge in [-0.25, -0.2) is 9.97 Å². The minimum atomic E-state index is -4.37. The van der Waals surface area contributed by atoms with Crippen LogP contribution in [0.3, 0.4) is 0 Å². The number of halogens is 3. The van der Waals surface area contributed by atoms with E-state index < -0.39 is 18.6 Å². The van der Waals surface area contributed by atoms with Crippen molar-refractivity contribution in [2.45, 2.75) is 6.18 Å². The third kappa shape index (κ3) is 3.37. The van der Waals surface area contributed by atoms with E-state index in [0.717, 1.165) is 18.1 Å². The molecule has 1 heterocycles. The summed E-state index contributed by atoms with van der Waals surface area (Å²) < 4.78 is 36.2. The van der Waals surface area contributed by atoms with Gasteiger partial charge in [0.05, 0.1) is 0 Å². The molecule has 1 aromatic rings. The minimum Gasteiger partial charge on any atom is -0.364 e. The molecule has 0 saturated heterocycles. The Labute approximate surface area is 89.1 Å². The fourth-order valence-electron chi connectivity index (χ4n) is 0.962. The van der Waals surface area contributed by atoms with E-state index in [-0.39, 0.29) is 11.6 Å². The molecule has 0 aliphatic heterocycles. The number of rotatable bonds is 3. The highest BCUT2D eigenvalue weighted by Crippen LogP contribution is 2.17. The number of hydrogen-bond donors (Lipinski definition) is 1. The van der Waals surface area contributed by atoms with Crippen LogP contribution >= 0.6 is 0 Å². The van der Waals surface area contributed by atoms with Gasteiger partial charge in [-0.2, -0.15) is 13.2 Å². The SMILES string of the molecule is CN(CC(F)(F)F)c1nc[c]c(C(N)=O)n1. The second-order valence-electron chi connectivity index (χ2n) is 3.00. The van der Waals surface area contributed by atoms with E-state index in [4.69, 9.17) is 5.73 Å². The Balaban J connectivity index is 2.87. The van der Waals surface area contributed by atoms with Crippen LogP contribution in [0.2, 0.25) is 0 Å². The smallest absolute Gasteiger partial charge is 0.364 e. The van der Waals surface area contributed by atoms with Crippen LogP contribution < -0.4 is 10.6 Å². The Kier molecular flexibility index (Phi) is 3.31. The average Bonchev–Trinajstić information content (AvgIpc) is 2.15. The normalized spacial score (nSPS) is 11.2. The molecule has 16 heavy (non-hydrogen) atoms. The van der Waals surface area contributed by atoms with Gasteiger partial charge in [-0.15, -0.1) is 0 Å². The van der Waals surface area contributed by atoms with Gasteiger partial charge in [-0.1, -0.05) is 0 Å². The predicted octanol–water partition coefficient (Wildman–Crippen LogP) is 0.374. The van der Waals surface area contributed by atoms with Crippen molar-refractivity contribution < 1.29 is 18.0 Å². The molecule has 8 heteroatoms. The summed E-state index contributed by atoms with van der Waals surface area (Å²) >= 11 is 0. The second-order valence-corrected chi connectivity index (χ2v) is 3.00. The first-order valence-corrected chi connectivity index (χ1v) is 4.12. The van der Waals surface area contributed by atoms with Gasteiger partial charge in [0, 0.05) is 19.3 Å². The van der Waals surface area contributed by atoms with Crippen molar-refractivity contribution in [3.63, 3.8) is 0 Å². The Bertz CT molecular complexity index is 393. The summed E-state index contributed by atoms with van der Waals surface area (Å²) in [6.07, 6.45) is -3.32. The molecule has 1 aromatic heterocycles. The number of nitrogens with zero attached hydrogens (tertiary/aromatic N) is 3. The van der Waals surface area contributed by atoms with E-state index in [9.17, 15) is 18.0 Å². The van der Waals surface area contributed by atoms with Crippen molar-refractivity contribution in [3.8, 4) is 0 Å². The molecule has 2 N–H and O–H groups in total. The Morgan fingerprint density at radius 2 is 2.25 bits per heavy atom. The van der Waals surface area contributed by atoms with Gasteiger partial charge in [0.1, 0.15) is 12.2 Å². The first-order valence-electron chi connectivity index (χ1n) is 4.12. The lowest BCUT2D eigenvalue weighted by Crippen LogP contribution is -2.32. The second kappa shape index (κ2) is 4.33. The third-order valence-electron chi connectivity index (χ3n) is 1.58. The molecule has 0 saturated carbocycles. The maximum atomic E-state index is 12.1. The van der Waals surface area contributed by atoms with Gasteiger partial charge >= 0.3 is 6.18 Å². The third-order valence-corrected chi connectivity index (χ3v) is 1.58. The summed E-state index contributed by atoms with van der Waals surface area (Å²) in [6, 6.07) is 2.32. The maximum absolute atomic E-state index is 12.1. The van der Waals surface area contributed by atoms with Crippen molar-refractivity contribution in [2.24, 2.45) is 5.73 Å². The number of carbonyl (C=O) groups excluding carboxylic acids is 1. The molecule has 0 fully saturated rings. The average molecular weight is 233 g/mol. The molecule has 1 rings (SSSR count). The summed E-state index contributed by atoms with van der Waals surface area (Å²) in [5.74, 6) is -1.10. The number of anilines is 1. The highest BCUT2D eigenvalue weighted by Gasteiger charge is 2.30. The van der Waals surface area contributed by atoms with Crippen LogP contribution in [0, 0.1) is 6.07 Å². The Hall–Kier alpha value is -1.86. The van der Waals surface area contributed by atoms with Crippen molar-refractivity contribution in [1.82, 2.24) is 9.97 Å². The molecular weight excluding hydrogens is 225 g/mol. The highest BCUT2D eigenvalue weighted by molar-refractivity contribution is 5.90. The van der Waals surface area contributed by atoms with Gasteiger partial charge in [0.2, 0.25) is 5.95 Å². The zero-order valence-corrected chi connectivity index (χ0v) is 8.25. The zero-order chi connectivity index (χ0) is 12.3. The van der Waals surface area contributed by atoms with Crippen LogP contribution in [0.1, 0.15) is 10.5 Å². The van der Waals surface area contributed by atoms with E-state index in [1.165, 1.54) is 0 Å². The minimum absolute atomic E-state index is 0.232. The quantitative estimate of drug-likeness (QED) is 0.818. The van der Waals surface area contributed by atoms with Crippen molar-refractivity contribution in [3.05, 3.63) is 18.0 Å². The number of primary amides is 1. The molecule has 1 amide bonds. The summed E-state index contributed by atoms with van der Waals surface area (Å²) in [7, 11) is 1.16. The molecular formula is C8H8F3N4O. The van der Waals surface area contributed by atoms with Crippen LogP contribution in [0.25, 0.3) is 0 Å². The summed E-state index contributed by atoms with van der Waals surface area (Å²) in [5.41, 5.74) is 4.66. The lowest BCUT2D eigenvalue weighted by molar-refractivity contribution is -0.119. The topological polar surface area (TPSA) is 72.1 Å². The fraction of sp³-hybridized carbons (Fsp3) is 0.375. The van der Waals surface area contributed by atoms with E-state index in [0.29, 0.717) is 0 Å². The maximum Gasteiger partial charge on any atom is 0.406 e. The molecule has 5 nitrogen and oxygen atoms in total. The van der Waals surface area contributed by atoms with Crippen molar-refractivity contribution in [1.29, 1.82) is 0 Å². The van der Waals surface area contributed by atoms with Gasteiger partial charge in [-0.05, 0) is 0 Å². The molecule has 0 aromatic carbocycles. The number of amides is 1. The molecule has 0 unspecified atom stereocenters. The van der Waals surface area contributed by atoms with Crippen LogP contribution in [0.15, 0.2) is 6.20 Å². The predicted molar refractivity (Wildman–Crippen MR) is 48.7 cm³/mol. The van der Waals surface area contributed by atoms with Gasteiger partial charge in [0.25, 0.3) is 5.91 Å². The zero-order valence-electron chi connectivity index (χ0n) is 8.25. The lowest BCUT2D eigenvalue weighted by atomic mass is 10.4. The molecule has 0 atom stereocenters. The van der Waals surface area contributed by atoms with E-state index >= 15 is 0 Å². The largest absolute Gasteiger partial charge is 0.406 e. The van der Waals surface area contributed by atoms with E-state index in [1.54, 1.807) is 0 Å². The van der Waals surface area contributed by atoms with E-state index in [2.05, 4.69) is 16.0 Å². The Morgan fingerprint density at radius 3 is 2.75 bits per heavy atom. The lowest BCUT2D eigenvalue weighted by Gasteiger charge is -2.18. The Morgan fingerprint density at radius 1 is 1.62 bits per heavy atom. The van der Waals surface area contributed by atoms with Crippen molar-refractivity contribution in [2.75, 3.05) is 18.5 Å². The molecule has 0 spiro atoms. The molecule has 0 aliphatic rings. The monoisotopic (exact) mass is 233 g/mol. The standard InChI is InChI=1S/C8H8F3N4O/c1-15(4-8(9,10)11)7-13-3-2-5(14-7)6(12)16/h3H,4H2,1H3,(H2,12,16). The number of alkyl halides is 3. The van der Waals surface area contributed by atoms with Crippen molar-refractivity contribution >= 4 is 11.9 Å². The van der Waals surface area contributed by atoms with Gasteiger partial charge in [0.15, 0.2) is 0 Å². The summed E-state index contributed by atoms with van der Waals surface area (Å²) in [4.78, 5) is 18.6. The highest BCUT2D eigenvalue weighted by atomic mass is 19.4. The molecule has 1 radical (unpaired) electrons. The number of aromatic nitrogens is 2.